The van der Waals surface area contributed by atoms with Gasteiger partial charge in [0.1, 0.15) is 0 Å². The highest BCUT2D eigenvalue weighted by Crippen LogP contribution is 2.48. The van der Waals surface area contributed by atoms with Crippen LogP contribution >= 0.6 is 11.3 Å². The zero-order chi connectivity index (χ0) is 40.0. The van der Waals surface area contributed by atoms with Gasteiger partial charge in [-0.05, 0) is 130 Å². The van der Waals surface area contributed by atoms with E-state index in [9.17, 15) is 0 Å². The van der Waals surface area contributed by atoms with Crippen molar-refractivity contribution in [3.05, 3.63) is 207 Å². The van der Waals surface area contributed by atoms with Crippen LogP contribution in [0.15, 0.2) is 207 Å². The molecule has 3 heterocycles. The van der Waals surface area contributed by atoms with Crippen LogP contribution in [-0.2, 0) is 0 Å². The molecule has 0 unspecified atom stereocenters. The molecule has 0 bridgehead atoms. The third-order valence-electron chi connectivity index (χ3n) is 12.7. The summed E-state index contributed by atoms with van der Waals surface area (Å²) in [7, 11) is 0. The first-order valence-electron chi connectivity index (χ1n) is 20.8. The van der Waals surface area contributed by atoms with Gasteiger partial charge in [-0.25, -0.2) is 0 Å². The third-order valence-corrected chi connectivity index (χ3v) is 13.8. The number of rotatable bonds is 4. The standard InChI is InChI=1S/C58H34N2S/c1-3-15-44-42(13-1)55(43-14-2-4-16-45(43)56(44)38-23-21-35-11-9-29-59-51(35)32-38)37-26-28-53-50(31-37)41-27-25-40(34-54(41)61-53)58-48-19-7-5-17-46(48)57(47-18-6-8-20-49(47)58)39-24-22-36-12-10-30-60-52(36)33-39/h1-34H. The normalized spacial score (nSPS) is 11.9. The molecule has 0 saturated heterocycles. The molecule has 0 aliphatic heterocycles. The minimum atomic E-state index is 1.01. The number of benzene rings is 10. The van der Waals surface area contributed by atoms with Gasteiger partial charge in [0, 0.05) is 43.3 Å². The maximum absolute atomic E-state index is 4.71. The molecule has 0 N–H and O–H groups in total. The number of hydrogen-bond acceptors (Lipinski definition) is 3. The number of aromatic nitrogens is 2. The fraction of sp³-hybridized carbons (Fsp3) is 0. The maximum Gasteiger partial charge on any atom is 0.0708 e. The van der Waals surface area contributed by atoms with Gasteiger partial charge in [-0.3, -0.25) is 9.97 Å². The minimum absolute atomic E-state index is 1.01. The summed E-state index contributed by atoms with van der Waals surface area (Å²) < 4.78 is 2.58. The summed E-state index contributed by atoms with van der Waals surface area (Å²) in [5, 5.41) is 14.9. The molecule has 61 heavy (non-hydrogen) atoms. The molecule has 0 atom stereocenters. The van der Waals surface area contributed by atoms with Crippen molar-refractivity contribution in [3.63, 3.8) is 0 Å². The van der Waals surface area contributed by atoms with E-state index in [2.05, 4.69) is 182 Å². The first kappa shape index (κ1) is 34.2. The Labute approximate surface area is 355 Å². The Hall–Kier alpha value is -7.72. The molecule has 3 heteroatoms. The summed E-state index contributed by atoms with van der Waals surface area (Å²) >= 11 is 1.88. The van der Waals surface area contributed by atoms with Crippen LogP contribution in [0.5, 0.6) is 0 Å². The molecule has 0 aliphatic carbocycles. The SMILES string of the molecule is c1cnc2cc(-c3c4ccccc4c(-c4ccc5c(c4)sc4ccc(-c6c7ccccc7c(-c7ccc8cccnc8c7)c7ccccc67)cc45)c4ccccc34)ccc2c1. The highest BCUT2D eigenvalue weighted by Gasteiger charge is 2.20. The van der Waals surface area contributed by atoms with Crippen molar-refractivity contribution in [1.82, 2.24) is 9.97 Å². The van der Waals surface area contributed by atoms with Crippen LogP contribution in [0.4, 0.5) is 0 Å². The van der Waals surface area contributed by atoms with E-state index in [4.69, 9.17) is 9.97 Å². The Morgan fingerprint density at radius 1 is 0.262 bits per heavy atom. The molecule has 0 saturated carbocycles. The second-order valence-corrected chi connectivity index (χ2v) is 17.1. The molecule has 2 nitrogen and oxygen atoms in total. The number of nitrogens with zero attached hydrogens (tertiary/aromatic N) is 2. The second kappa shape index (κ2) is 13.4. The molecule has 0 spiro atoms. The maximum atomic E-state index is 4.71. The van der Waals surface area contributed by atoms with E-state index >= 15 is 0 Å². The molecule has 13 rings (SSSR count). The third kappa shape index (κ3) is 5.28. The zero-order valence-electron chi connectivity index (χ0n) is 32.9. The lowest BCUT2D eigenvalue weighted by atomic mass is 9.85. The summed E-state index contributed by atoms with van der Waals surface area (Å²) in [5.41, 5.74) is 11.9. The van der Waals surface area contributed by atoms with Crippen LogP contribution in [0.1, 0.15) is 0 Å². The minimum Gasteiger partial charge on any atom is -0.256 e. The summed E-state index contributed by atoms with van der Waals surface area (Å²) in [6, 6.07) is 71.5. The van der Waals surface area contributed by atoms with Gasteiger partial charge < -0.3 is 0 Å². The first-order valence-corrected chi connectivity index (χ1v) is 21.6. The lowest BCUT2D eigenvalue weighted by Crippen LogP contribution is -1.91. The number of fused-ring (bicyclic) bond motifs is 9. The van der Waals surface area contributed by atoms with Crippen LogP contribution in [0, 0.1) is 0 Å². The van der Waals surface area contributed by atoms with Crippen LogP contribution in [0.2, 0.25) is 0 Å². The molecule has 3 aromatic heterocycles. The summed E-state index contributed by atoms with van der Waals surface area (Å²) in [6.07, 6.45) is 3.76. The molecule has 0 aliphatic rings. The van der Waals surface area contributed by atoms with Gasteiger partial charge in [0.25, 0.3) is 0 Å². The van der Waals surface area contributed by atoms with Crippen molar-refractivity contribution in [1.29, 1.82) is 0 Å². The van der Waals surface area contributed by atoms with Gasteiger partial charge in [-0.15, -0.1) is 11.3 Å². The van der Waals surface area contributed by atoms with Crippen LogP contribution in [0.3, 0.4) is 0 Å². The topological polar surface area (TPSA) is 25.8 Å². The zero-order valence-corrected chi connectivity index (χ0v) is 33.7. The second-order valence-electron chi connectivity index (χ2n) is 16.0. The van der Waals surface area contributed by atoms with E-state index in [1.807, 2.05) is 35.9 Å². The largest absolute Gasteiger partial charge is 0.256 e. The van der Waals surface area contributed by atoms with Crippen LogP contribution in [-0.4, -0.2) is 9.97 Å². The number of hydrogen-bond donors (Lipinski definition) is 0. The Morgan fingerprint density at radius 3 is 1.08 bits per heavy atom. The summed E-state index contributed by atoms with van der Waals surface area (Å²) in [5.74, 6) is 0. The number of pyridine rings is 2. The van der Waals surface area contributed by atoms with E-state index < -0.39 is 0 Å². The van der Waals surface area contributed by atoms with Crippen molar-refractivity contribution in [3.8, 4) is 44.5 Å². The van der Waals surface area contributed by atoms with Crippen molar-refractivity contribution in [2.75, 3.05) is 0 Å². The average molecular weight is 791 g/mol. The van der Waals surface area contributed by atoms with Crippen LogP contribution < -0.4 is 0 Å². The Kier molecular flexibility index (Phi) is 7.51. The highest BCUT2D eigenvalue weighted by molar-refractivity contribution is 7.25. The fourth-order valence-electron chi connectivity index (χ4n) is 10.0. The molecule has 13 aromatic rings. The van der Waals surface area contributed by atoms with Gasteiger partial charge in [0.05, 0.1) is 11.0 Å². The fourth-order valence-corrected chi connectivity index (χ4v) is 11.2. The molecule has 0 radical (unpaired) electrons. The van der Waals surface area contributed by atoms with Crippen molar-refractivity contribution >= 4 is 96.4 Å². The van der Waals surface area contributed by atoms with E-state index in [1.165, 1.54) is 108 Å². The van der Waals surface area contributed by atoms with Crippen LogP contribution in [0.25, 0.3) is 130 Å². The summed E-state index contributed by atoms with van der Waals surface area (Å²) in [4.78, 5) is 9.42. The lowest BCUT2D eigenvalue weighted by Gasteiger charge is -2.18. The smallest absolute Gasteiger partial charge is 0.0708 e. The highest BCUT2D eigenvalue weighted by atomic mass is 32.1. The summed E-state index contributed by atoms with van der Waals surface area (Å²) in [6.45, 7) is 0. The van der Waals surface area contributed by atoms with Gasteiger partial charge >= 0.3 is 0 Å². The Morgan fingerprint density at radius 2 is 0.639 bits per heavy atom. The predicted octanol–water partition coefficient (Wildman–Crippen LogP) is 16.4. The molecule has 282 valence electrons. The van der Waals surface area contributed by atoms with E-state index in [0.717, 1.165) is 21.8 Å². The number of thiophene rings is 1. The van der Waals surface area contributed by atoms with Crippen molar-refractivity contribution in [2.45, 2.75) is 0 Å². The average Bonchev–Trinajstić information content (AvgIpc) is 3.69. The van der Waals surface area contributed by atoms with Gasteiger partial charge in [0.2, 0.25) is 0 Å². The van der Waals surface area contributed by atoms with E-state index in [-0.39, 0.29) is 0 Å². The van der Waals surface area contributed by atoms with Gasteiger partial charge in [-0.1, -0.05) is 152 Å². The molecule has 0 fully saturated rings. The molecule has 0 amide bonds. The van der Waals surface area contributed by atoms with Crippen molar-refractivity contribution < 1.29 is 0 Å². The van der Waals surface area contributed by atoms with E-state index in [0.29, 0.717) is 0 Å². The Bertz CT molecular complexity index is 3840. The monoisotopic (exact) mass is 790 g/mol. The van der Waals surface area contributed by atoms with Gasteiger partial charge in [0.15, 0.2) is 0 Å². The molecular weight excluding hydrogens is 757 g/mol. The van der Waals surface area contributed by atoms with Crippen molar-refractivity contribution in [2.24, 2.45) is 0 Å². The van der Waals surface area contributed by atoms with E-state index in [1.54, 1.807) is 0 Å². The molecule has 10 aromatic carbocycles. The van der Waals surface area contributed by atoms with Gasteiger partial charge in [-0.2, -0.15) is 0 Å². The lowest BCUT2D eigenvalue weighted by molar-refractivity contribution is 1.41. The quantitative estimate of drug-likeness (QED) is 0.166. The molecular formula is C58H34N2S. The first-order chi connectivity index (χ1) is 30.2. The Balaban J connectivity index is 0.992. The predicted molar refractivity (Wildman–Crippen MR) is 262 cm³/mol.